The van der Waals surface area contributed by atoms with E-state index in [0.29, 0.717) is 21.3 Å². The number of carbonyl (C=O) groups excluding carboxylic acids is 3. The molecule has 0 radical (unpaired) electrons. The van der Waals surface area contributed by atoms with Gasteiger partial charge in [0.1, 0.15) is 23.6 Å². The molecule has 11 nitrogen and oxygen atoms in total. The number of hydrazine groups is 1. The predicted octanol–water partition coefficient (Wildman–Crippen LogP) is 4.36. The summed E-state index contributed by atoms with van der Waals surface area (Å²) in [6.07, 6.45) is -0.500. The topological polar surface area (TPSA) is 149 Å². The minimum absolute atomic E-state index is 0.0904. The van der Waals surface area contributed by atoms with Gasteiger partial charge >= 0.3 is 6.09 Å². The van der Waals surface area contributed by atoms with Gasteiger partial charge in [0.2, 0.25) is 11.8 Å². The second-order valence-corrected chi connectivity index (χ2v) is 12.6. The van der Waals surface area contributed by atoms with Crippen LogP contribution in [0.4, 0.5) is 10.5 Å². The molecule has 1 saturated heterocycles. The Hall–Kier alpha value is -4.77. The number of rotatable bonds is 9. The van der Waals surface area contributed by atoms with Crippen molar-refractivity contribution in [1.82, 2.24) is 14.7 Å². The second kappa shape index (κ2) is 12.6. The molecule has 1 aliphatic rings. The van der Waals surface area contributed by atoms with E-state index >= 15 is 0 Å². The van der Waals surface area contributed by atoms with Crippen molar-refractivity contribution in [3.05, 3.63) is 94.2 Å². The quantitative estimate of drug-likeness (QED) is 0.265. The lowest BCUT2D eigenvalue weighted by Crippen LogP contribution is -2.53. The summed E-state index contributed by atoms with van der Waals surface area (Å²) in [7, 11) is -4.37. The van der Waals surface area contributed by atoms with E-state index in [9.17, 15) is 22.8 Å². The van der Waals surface area contributed by atoms with Gasteiger partial charge in [-0.3, -0.25) is 20.3 Å². The van der Waals surface area contributed by atoms with Crippen molar-refractivity contribution in [2.75, 3.05) is 11.9 Å². The largest absolute Gasteiger partial charge is 0.444 e. The number of nitrogens with one attached hydrogen (secondary N) is 2. The van der Waals surface area contributed by atoms with Crippen molar-refractivity contribution >= 4 is 55.7 Å². The van der Waals surface area contributed by atoms with Gasteiger partial charge in [-0.05, 0) is 64.0 Å². The van der Waals surface area contributed by atoms with E-state index in [1.165, 1.54) is 35.3 Å². The lowest BCUT2D eigenvalue weighted by Gasteiger charge is -2.27. The molecular formula is C30H27N5O6S2. The fourth-order valence-corrected chi connectivity index (χ4v) is 6.96. The molecule has 2 N–H and O–H groups in total. The van der Waals surface area contributed by atoms with Crippen LogP contribution in [0.1, 0.15) is 29.3 Å². The number of hydrogen-bond acceptors (Lipinski definition) is 8. The molecule has 13 heteroatoms. The second-order valence-electron chi connectivity index (χ2n) is 9.87. The Morgan fingerprint density at radius 2 is 1.84 bits per heavy atom. The zero-order valence-corrected chi connectivity index (χ0v) is 24.7. The molecule has 1 aliphatic heterocycles. The van der Waals surface area contributed by atoms with Crippen molar-refractivity contribution in [2.45, 2.75) is 37.4 Å². The van der Waals surface area contributed by atoms with Gasteiger partial charge in [0.05, 0.1) is 4.90 Å². The van der Waals surface area contributed by atoms with Crippen LogP contribution in [-0.2, 0) is 37.5 Å². The van der Waals surface area contributed by atoms with Crippen LogP contribution in [0.25, 0.3) is 10.8 Å². The third kappa shape index (κ3) is 6.83. The molecule has 0 unspecified atom stereocenters. The molecule has 43 heavy (non-hydrogen) atoms. The zero-order chi connectivity index (χ0) is 30.6. The lowest BCUT2D eigenvalue weighted by atomic mass is 10.1. The summed E-state index contributed by atoms with van der Waals surface area (Å²) in [4.78, 5) is 39.7. The summed E-state index contributed by atoms with van der Waals surface area (Å²) in [5.74, 6) is -1.10. The Kier molecular flexibility index (Phi) is 8.72. The first-order chi connectivity index (χ1) is 20.6. The number of sulfonamides is 1. The van der Waals surface area contributed by atoms with Crippen LogP contribution < -0.4 is 10.7 Å². The van der Waals surface area contributed by atoms with E-state index in [1.807, 2.05) is 30.3 Å². The predicted molar refractivity (Wildman–Crippen MR) is 160 cm³/mol. The SMILES string of the molecule is CC(=O)NN([C@H]1CCN(Cc2csc(C#N)c2)C1=O)S(=O)(=O)c1ccc2ccc(NC(=O)OCc3ccccc3)cc2c1. The molecule has 3 aromatic carbocycles. The Labute approximate surface area is 252 Å². The normalized spacial score (nSPS) is 15.0. The maximum atomic E-state index is 13.9. The van der Waals surface area contributed by atoms with E-state index in [1.54, 1.807) is 35.7 Å². The summed E-state index contributed by atoms with van der Waals surface area (Å²) in [6.45, 7) is 1.76. The van der Waals surface area contributed by atoms with Crippen molar-refractivity contribution in [3.63, 3.8) is 0 Å². The molecule has 220 valence electrons. The van der Waals surface area contributed by atoms with Crippen LogP contribution in [-0.4, -0.2) is 48.2 Å². The van der Waals surface area contributed by atoms with Gasteiger partial charge in [0.15, 0.2) is 0 Å². The highest BCUT2D eigenvalue weighted by molar-refractivity contribution is 7.89. The average Bonchev–Trinajstić information content (AvgIpc) is 3.61. The van der Waals surface area contributed by atoms with Crippen LogP contribution >= 0.6 is 11.3 Å². The number of hydrogen-bond donors (Lipinski definition) is 2. The van der Waals surface area contributed by atoms with E-state index in [4.69, 9.17) is 10.00 Å². The molecule has 0 bridgehead atoms. The fourth-order valence-electron chi connectivity index (χ4n) is 4.75. The van der Waals surface area contributed by atoms with Gasteiger partial charge in [0, 0.05) is 25.7 Å². The van der Waals surface area contributed by atoms with Gasteiger partial charge in [0.25, 0.3) is 10.0 Å². The maximum Gasteiger partial charge on any atom is 0.411 e. The van der Waals surface area contributed by atoms with E-state index in [0.717, 1.165) is 15.5 Å². The van der Waals surface area contributed by atoms with Crippen molar-refractivity contribution in [2.24, 2.45) is 0 Å². The Balaban J connectivity index is 1.35. The van der Waals surface area contributed by atoms with Crippen LogP contribution in [0.15, 0.2) is 83.1 Å². The van der Waals surface area contributed by atoms with Gasteiger partial charge in [-0.1, -0.05) is 46.9 Å². The first-order valence-electron chi connectivity index (χ1n) is 13.2. The molecule has 0 saturated carbocycles. The van der Waals surface area contributed by atoms with Gasteiger partial charge in [-0.15, -0.1) is 11.3 Å². The smallest absolute Gasteiger partial charge is 0.411 e. The van der Waals surface area contributed by atoms with Crippen molar-refractivity contribution < 1.29 is 27.5 Å². The summed E-state index contributed by atoms with van der Waals surface area (Å²) < 4.78 is 33.7. The molecular weight excluding hydrogens is 590 g/mol. The van der Waals surface area contributed by atoms with E-state index in [2.05, 4.69) is 16.8 Å². The van der Waals surface area contributed by atoms with Crippen LogP contribution in [0.2, 0.25) is 0 Å². The van der Waals surface area contributed by atoms with Crippen LogP contribution in [0.3, 0.4) is 0 Å². The van der Waals surface area contributed by atoms with Crippen LogP contribution in [0, 0.1) is 11.3 Å². The third-order valence-electron chi connectivity index (χ3n) is 6.78. The van der Waals surface area contributed by atoms with Gasteiger partial charge in [-0.25, -0.2) is 13.2 Å². The number of benzene rings is 3. The Bertz CT molecular complexity index is 1830. The number of thiophene rings is 1. The maximum absolute atomic E-state index is 13.9. The summed E-state index contributed by atoms with van der Waals surface area (Å²) in [6, 6.07) is 21.3. The first-order valence-corrected chi connectivity index (χ1v) is 15.6. The molecule has 0 spiro atoms. The molecule has 1 aromatic heterocycles. The summed E-state index contributed by atoms with van der Waals surface area (Å²) in [5, 5.41) is 14.7. The summed E-state index contributed by atoms with van der Waals surface area (Å²) in [5.41, 5.74) is 4.35. The Morgan fingerprint density at radius 1 is 1.07 bits per heavy atom. The summed E-state index contributed by atoms with van der Waals surface area (Å²) >= 11 is 1.26. The van der Waals surface area contributed by atoms with Gasteiger partial charge < -0.3 is 9.64 Å². The molecule has 4 aromatic rings. The molecule has 1 fully saturated rings. The molecule has 3 amide bonds. The molecule has 0 aliphatic carbocycles. The van der Waals surface area contributed by atoms with Crippen LogP contribution in [0.5, 0.6) is 0 Å². The number of nitriles is 1. The van der Waals surface area contributed by atoms with Crippen molar-refractivity contribution in [1.29, 1.82) is 5.26 Å². The standard InChI is InChI=1S/C30H27N5O6S2/c1-20(36)33-35(28-11-12-34(29(28)37)17-22-13-26(16-31)42-19-22)43(39,40)27-10-8-23-7-9-25(14-24(23)15-27)32-30(38)41-18-21-5-3-2-4-6-21/h2-10,13-15,19,28H,11-12,17-18H2,1H3,(H,32,38)(H,33,36)/t28-/m0/s1. The number of anilines is 1. The fraction of sp³-hybridized carbons (Fsp3) is 0.200. The average molecular weight is 618 g/mol. The van der Waals surface area contributed by atoms with Gasteiger partial charge in [-0.2, -0.15) is 5.26 Å². The number of likely N-dealkylation sites (tertiary alicyclic amines) is 1. The number of fused-ring (bicyclic) bond motifs is 1. The number of amides is 3. The van der Waals surface area contributed by atoms with E-state index in [-0.39, 0.29) is 31.0 Å². The molecule has 1 atom stereocenters. The first kappa shape index (κ1) is 29.7. The monoisotopic (exact) mass is 617 g/mol. The lowest BCUT2D eigenvalue weighted by molar-refractivity contribution is -0.133. The zero-order valence-electron chi connectivity index (χ0n) is 23.0. The Morgan fingerprint density at radius 3 is 2.56 bits per heavy atom. The number of ether oxygens (including phenoxy) is 1. The van der Waals surface area contributed by atoms with Crippen molar-refractivity contribution in [3.8, 4) is 6.07 Å². The minimum atomic E-state index is -4.37. The highest BCUT2D eigenvalue weighted by Gasteiger charge is 2.43. The number of nitrogens with zero attached hydrogens (tertiary/aromatic N) is 3. The highest BCUT2D eigenvalue weighted by atomic mass is 32.2. The van der Waals surface area contributed by atoms with E-state index < -0.39 is 34.0 Å². The molecule has 2 heterocycles. The third-order valence-corrected chi connectivity index (χ3v) is 9.38. The molecule has 5 rings (SSSR count). The highest BCUT2D eigenvalue weighted by Crippen LogP contribution is 2.28. The number of carbonyl (C=O) groups is 3. The minimum Gasteiger partial charge on any atom is -0.444 e.